The number of amides is 1. The molecule has 0 aliphatic carbocycles. The molecule has 3 aromatic rings. The molecule has 0 N–H and O–H groups in total. The van der Waals surface area contributed by atoms with E-state index in [9.17, 15) is 14.9 Å². The van der Waals surface area contributed by atoms with Crippen LogP contribution in [0.5, 0.6) is 0 Å². The summed E-state index contributed by atoms with van der Waals surface area (Å²) in [5, 5.41) is 11.9. The first kappa shape index (κ1) is 22.9. The van der Waals surface area contributed by atoms with Crippen LogP contribution >= 0.6 is 23.2 Å². The molecule has 7 nitrogen and oxygen atoms in total. The van der Waals surface area contributed by atoms with Crippen molar-refractivity contribution < 1.29 is 14.1 Å². The molecule has 0 saturated carbocycles. The number of nitro groups is 1. The molecule has 4 rings (SSSR count). The number of aryl methyl sites for hydroxylation is 1. The fourth-order valence-corrected chi connectivity index (χ4v) is 4.11. The van der Waals surface area contributed by atoms with Gasteiger partial charge in [-0.2, -0.15) is 0 Å². The van der Waals surface area contributed by atoms with Crippen LogP contribution in [0.15, 0.2) is 59.0 Å². The Bertz CT molecular complexity index is 1230. The number of furan rings is 1. The predicted molar refractivity (Wildman–Crippen MR) is 130 cm³/mol. The largest absolute Gasteiger partial charge is 0.457 e. The molecule has 0 atom stereocenters. The zero-order valence-corrected chi connectivity index (χ0v) is 19.3. The van der Waals surface area contributed by atoms with Gasteiger partial charge in [-0.15, -0.1) is 0 Å². The third-order valence-corrected chi connectivity index (χ3v) is 6.26. The van der Waals surface area contributed by atoms with Gasteiger partial charge in [0.1, 0.15) is 11.5 Å². The standard InChI is InChI=1S/C24H21Cl2N3O4/c1-16-2-3-17(14-20(16)25)23-8-5-19(33-23)6-9-24(30)28-12-10-27(11-13-28)22-7-4-18(29(31)32)15-21(22)26/h2-9,14-15H,10-13H2,1H3. The van der Waals surface area contributed by atoms with Crippen molar-refractivity contribution in [2.24, 2.45) is 0 Å². The van der Waals surface area contributed by atoms with Gasteiger partial charge in [0.25, 0.3) is 5.69 Å². The highest BCUT2D eigenvalue weighted by molar-refractivity contribution is 6.33. The maximum absolute atomic E-state index is 12.6. The number of nitrogens with zero attached hydrogens (tertiary/aromatic N) is 3. The zero-order chi connectivity index (χ0) is 23.5. The van der Waals surface area contributed by atoms with Crippen molar-refractivity contribution >= 4 is 46.6 Å². The van der Waals surface area contributed by atoms with Crippen LogP contribution in [0.2, 0.25) is 10.0 Å². The summed E-state index contributed by atoms with van der Waals surface area (Å²) >= 11 is 12.4. The molecule has 0 bridgehead atoms. The van der Waals surface area contributed by atoms with Crippen molar-refractivity contribution in [1.29, 1.82) is 0 Å². The number of hydrogen-bond acceptors (Lipinski definition) is 5. The Hall–Kier alpha value is -3.29. The molecule has 1 fully saturated rings. The molecule has 33 heavy (non-hydrogen) atoms. The quantitative estimate of drug-likeness (QED) is 0.258. The Kier molecular flexibility index (Phi) is 6.72. The molecule has 2 heterocycles. The SMILES string of the molecule is Cc1ccc(-c2ccc(C=CC(=O)N3CCN(c4ccc([N+](=O)[O-])cc4Cl)CC3)o2)cc1Cl. The summed E-state index contributed by atoms with van der Waals surface area (Å²) in [5.74, 6) is 1.14. The van der Waals surface area contributed by atoms with E-state index in [2.05, 4.69) is 0 Å². The van der Waals surface area contributed by atoms with Crippen LogP contribution in [-0.2, 0) is 4.79 Å². The van der Waals surface area contributed by atoms with Gasteiger partial charge in [0.15, 0.2) is 0 Å². The van der Waals surface area contributed by atoms with Crippen molar-refractivity contribution in [2.45, 2.75) is 6.92 Å². The lowest BCUT2D eigenvalue weighted by atomic mass is 10.1. The Morgan fingerprint density at radius 1 is 1.03 bits per heavy atom. The number of benzene rings is 2. The highest BCUT2D eigenvalue weighted by Gasteiger charge is 2.22. The van der Waals surface area contributed by atoms with Gasteiger partial charge < -0.3 is 14.2 Å². The molecule has 1 aliphatic rings. The number of nitro benzene ring substituents is 1. The maximum atomic E-state index is 12.6. The maximum Gasteiger partial charge on any atom is 0.271 e. The van der Waals surface area contributed by atoms with Crippen molar-refractivity contribution in [3.8, 4) is 11.3 Å². The van der Waals surface area contributed by atoms with Crippen LogP contribution in [0, 0.1) is 17.0 Å². The number of carbonyl (C=O) groups is 1. The monoisotopic (exact) mass is 485 g/mol. The van der Waals surface area contributed by atoms with E-state index in [1.807, 2.05) is 36.1 Å². The third kappa shape index (κ3) is 5.21. The lowest BCUT2D eigenvalue weighted by molar-refractivity contribution is -0.384. The van der Waals surface area contributed by atoms with E-state index < -0.39 is 4.92 Å². The van der Waals surface area contributed by atoms with Crippen molar-refractivity contribution in [3.63, 3.8) is 0 Å². The summed E-state index contributed by atoms with van der Waals surface area (Å²) in [6, 6.07) is 13.8. The normalized spacial score (nSPS) is 14.2. The predicted octanol–water partition coefficient (Wildman–Crippen LogP) is 5.83. The number of anilines is 1. The fraction of sp³-hybridized carbons (Fsp3) is 0.208. The number of carbonyl (C=O) groups excluding carboxylic acids is 1. The summed E-state index contributed by atoms with van der Waals surface area (Å²) in [5.41, 5.74) is 2.55. The number of halogens is 2. The summed E-state index contributed by atoms with van der Waals surface area (Å²) in [6.07, 6.45) is 3.15. The van der Waals surface area contributed by atoms with Crippen LogP contribution < -0.4 is 4.90 Å². The minimum absolute atomic E-state index is 0.0470. The molecule has 170 valence electrons. The highest BCUT2D eigenvalue weighted by atomic mass is 35.5. The Morgan fingerprint density at radius 3 is 2.45 bits per heavy atom. The van der Waals surface area contributed by atoms with E-state index in [1.165, 1.54) is 18.2 Å². The summed E-state index contributed by atoms with van der Waals surface area (Å²) in [6.45, 7) is 4.13. The van der Waals surface area contributed by atoms with E-state index >= 15 is 0 Å². The van der Waals surface area contributed by atoms with E-state index in [-0.39, 0.29) is 11.6 Å². The van der Waals surface area contributed by atoms with E-state index in [0.717, 1.165) is 16.8 Å². The lowest BCUT2D eigenvalue weighted by Crippen LogP contribution is -2.48. The van der Waals surface area contributed by atoms with Gasteiger partial charge in [0.2, 0.25) is 5.91 Å². The molecule has 1 amide bonds. The first-order valence-corrected chi connectivity index (χ1v) is 11.1. The minimum atomic E-state index is -0.476. The fourth-order valence-electron chi connectivity index (χ4n) is 3.64. The van der Waals surface area contributed by atoms with Crippen LogP contribution in [0.25, 0.3) is 17.4 Å². The second-order valence-electron chi connectivity index (χ2n) is 7.70. The zero-order valence-electron chi connectivity index (χ0n) is 17.8. The van der Waals surface area contributed by atoms with Gasteiger partial charge in [0.05, 0.1) is 15.6 Å². The van der Waals surface area contributed by atoms with Crippen LogP contribution in [0.4, 0.5) is 11.4 Å². The van der Waals surface area contributed by atoms with Crippen LogP contribution in [-0.4, -0.2) is 41.9 Å². The number of non-ortho nitro benzene ring substituents is 1. The molecular formula is C24H21Cl2N3O4. The Balaban J connectivity index is 1.35. The molecule has 0 radical (unpaired) electrons. The Labute approximate surface area is 201 Å². The molecule has 1 aromatic heterocycles. The van der Waals surface area contributed by atoms with Gasteiger partial charge in [-0.1, -0.05) is 35.3 Å². The third-order valence-electron chi connectivity index (χ3n) is 5.55. The lowest BCUT2D eigenvalue weighted by Gasteiger charge is -2.36. The first-order valence-electron chi connectivity index (χ1n) is 10.3. The van der Waals surface area contributed by atoms with E-state index in [4.69, 9.17) is 27.6 Å². The molecule has 1 saturated heterocycles. The molecule has 0 spiro atoms. The smallest absolute Gasteiger partial charge is 0.271 e. The second kappa shape index (κ2) is 9.68. The second-order valence-corrected chi connectivity index (χ2v) is 8.52. The summed E-state index contributed by atoms with van der Waals surface area (Å²) < 4.78 is 5.83. The van der Waals surface area contributed by atoms with Crippen LogP contribution in [0.1, 0.15) is 11.3 Å². The van der Waals surface area contributed by atoms with Crippen LogP contribution in [0.3, 0.4) is 0 Å². The van der Waals surface area contributed by atoms with Crippen molar-refractivity contribution in [2.75, 3.05) is 31.1 Å². The minimum Gasteiger partial charge on any atom is -0.457 e. The summed E-state index contributed by atoms with van der Waals surface area (Å²) in [7, 11) is 0. The molecule has 0 unspecified atom stereocenters. The number of piperazine rings is 1. The van der Waals surface area contributed by atoms with Crippen molar-refractivity contribution in [1.82, 2.24) is 4.90 Å². The van der Waals surface area contributed by atoms with Gasteiger partial charge in [-0.25, -0.2) is 0 Å². The first-order chi connectivity index (χ1) is 15.8. The van der Waals surface area contributed by atoms with Gasteiger partial charge >= 0.3 is 0 Å². The number of hydrogen-bond donors (Lipinski definition) is 0. The molecular weight excluding hydrogens is 465 g/mol. The molecule has 2 aromatic carbocycles. The molecule has 1 aliphatic heterocycles. The highest BCUT2D eigenvalue weighted by Crippen LogP contribution is 2.31. The summed E-state index contributed by atoms with van der Waals surface area (Å²) in [4.78, 5) is 26.8. The van der Waals surface area contributed by atoms with Crippen molar-refractivity contribution in [3.05, 3.63) is 86.1 Å². The van der Waals surface area contributed by atoms with E-state index in [0.29, 0.717) is 47.7 Å². The number of rotatable bonds is 5. The average Bonchev–Trinajstić information content (AvgIpc) is 3.28. The van der Waals surface area contributed by atoms with Gasteiger partial charge in [0, 0.05) is 55.0 Å². The average molecular weight is 486 g/mol. The Morgan fingerprint density at radius 2 is 1.79 bits per heavy atom. The van der Waals surface area contributed by atoms with Gasteiger partial charge in [-0.3, -0.25) is 14.9 Å². The topological polar surface area (TPSA) is 79.8 Å². The van der Waals surface area contributed by atoms with E-state index in [1.54, 1.807) is 23.1 Å². The van der Waals surface area contributed by atoms with Gasteiger partial charge in [-0.05, 0) is 42.8 Å². The molecule has 9 heteroatoms.